The van der Waals surface area contributed by atoms with Crippen molar-refractivity contribution in [1.29, 1.82) is 0 Å². The van der Waals surface area contributed by atoms with Crippen molar-refractivity contribution >= 4 is 17.7 Å². The summed E-state index contributed by atoms with van der Waals surface area (Å²) in [7, 11) is 0. The lowest BCUT2D eigenvalue weighted by atomic mass is 9.76. The number of carbonyl (C=O) groups excluding carboxylic acids is 1. The minimum absolute atomic E-state index is 0.202. The van der Waals surface area contributed by atoms with Gasteiger partial charge in [-0.1, -0.05) is 25.1 Å². The maximum atomic E-state index is 14.1. The van der Waals surface area contributed by atoms with Gasteiger partial charge in [0, 0.05) is 5.92 Å². The maximum Gasteiger partial charge on any atom is 0.416 e. The molecule has 0 spiro atoms. The van der Waals surface area contributed by atoms with E-state index in [-0.39, 0.29) is 11.6 Å². The molecule has 1 aliphatic rings. The summed E-state index contributed by atoms with van der Waals surface area (Å²) in [6.07, 6.45) is -5.78. The van der Waals surface area contributed by atoms with Crippen LogP contribution in [-0.4, -0.2) is 5.91 Å². The Morgan fingerprint density at radius 2 is 1.59 bits per heavy atom. The predicted molar refractivity (Wildman–Crippen MR) is 106 cm³/mol. The van der Waals surface area contributed by atoms with Crippen molar-refractivity contribution in [3.8, 4) is 0 Å². The van der Waals surface area contributed by atoms with Gasteiger partial charge >= 0.3 is 12.4 Å². The van der Waals surface area contributed by atoms with Gasteiger partial charge in [0.05, 0.1) is 16.8 Å². The van der Waals surface area contributed by atoms with Crippen LogP contribution in [0.5, 0.6) is 0 Å². The van der Waals surface area contributed by atoms with Crippen LogP contribution in [0.3, 0.4) is 0 Å². The molecule has 2 unspecified atom stereocenters. The van der Waals surface area contributed by atoms with Gasteiger partial charge in [0.2, 0.25) is 5.91 Å². The number of halogens is 7. The average Bonchev–Trinajstić information content (AvgIpc) is 2.73. The first-order chi connectivity index (χ1) is 14.9. The molecule has 2 atom stereocenters. The quantitative estimate of drug-likeness (QED) is 0.474. The highest BCUT2D eigenvalue weighted by atomic mass is 19.4. The number of carbonyl (C=O) groups is 1. The van der Waals surface area contributed by atoms with Gasteiger partial charge in [-0.15, -0.1) is 0 Å². The van der Waals surface area contributed by atoms with E-state index in [9.17, 15) is 35.5 Å². The molecule has 0 saturated heterocycles. The van der Waals surface area contributed by atoms with E-state index in [1.807, 2.05) is 0 Å². The first kappa shape index (κ1) is 23.8. The topological polar surface area (TPSA) is 29.1 Å². The molecule has 1 saturated carbocycles. The highest BCUT2D eigenvalue weighted by Crippen LogP contribution is 2.40. The molecule has 1 N–H and O–H groups in total. The fraction of sp³-hybridized carbons (Fsp3) is 0.348. The Kier molecular flexibility index (Phi) is 6.67. The smallest absolute Gasteiger partial charge is 0.323 e. The normalized spacial score (nSPS) is 19.5. The molecule has 0 aromatic heterocycles. The highest BCUT2D eigenvalue weighted by molar-refractivity contribution is 5.92. The Hall–Kier alpha value is -2.84. The molecule has 1 fully saturated rings. The molecular formula is C23H20F7NO. The zero-order chi connectivity index (χ0) is 23.7. The Labute approximate surface area is 180 Å². The lowest BCUT2D eigenvalue weighted by Crippen LogP contribution is -2.28. The molecule has 2 aromatic rings. The van der Waals surface area contributed by atoms with E-state index in [0.29, 0.717) is 48.9 Å². The third-order valence-corrected chi connectivity index (χ3v) is 5.67. The minimum atomic E-state index is -4.70. The van der Waals surface area contributed by atoms with Crippen molar-refractivity contribution in [3.63, 3.8) is 0 Å². The first-order valence-corrected chi connectivity index (χ1v) is 9.91. The van der Waals surface area contributed by atoms with E-state index in [1.54, 1.807) is 0 Å². The molecule has 0 bridgehead atoms. The van der Waals surface area contributed by atoms with Crippen molar-refractivity contribution in [2.45, 2.75) is 44.0 Å². The average molecular weight is 459 g/mol. The summed E-state index contributed by atoms with van der Waals surface area (Å²) < 4.78 is 91.1. The zero-order valence-electron chi connectivity index (χ0n) is 16.8. The molecule has 9 heteroatoms. The molecule has 2 nitrogen and oxygen atoms in total. The van der Waals surface area contributed by atoms with Crippen molar-refractivity contribution in [1.82, 2.24) is 0 Å². The molecule has 32 heavy (non-hydrogen) atoms. The molecule has 0 aliphatic heterocycles. The second kappa shape index (κ2) is 8.96. The number of amides is 1. The lowest BCUT2D eigenvalue weighted by molar-refractivity contribution is -0.138. The summed E-state index contributed by atoms with van der Waals surface area (Å²) in [4.78, 5) is 12.6. The number of rotatable bonds is 4. The van der Waals surface area contributed by atoms with Crippen LogP contribution >= 0.6 is 0 Å². The summed E-state index contributed by atoms with van der Waals surface area (Å²) in [5.74, 6) is -2.50. The number of benzene rings is 2. The molecule has 2 aromatic carbocycles. The fourth-order valence-electron chi connectivity index (χ4n) is 4.04. The van der Waals surface area contributed by atoms with Crippen molar-refractivity contribution in [2.75, 3.05) is 5.32 Å². The molecule has 0 radical (unpaired) electrons. The second-order valence-electron chi connectivity index (χ2n) is 7.79. The van der Waals surface area contributed by atoms with E-state index in [2.05, 4.69) is 11.9 Å². The number of alkyl halides is 6. The first-order valence-electron chi connectivity index (χ1n) is 9.91. The summed E-state index contributed by atoms with van der Waals surface area (Å²) in [6.45, 7) is 3.59. The summed E-state index contributed by atoms with van der Waals surface area (Å²) in [6, 6.07) is 5.26. The minimum Gasteiger partial charge on any atom is -0.323 e. The van der Waals surface area contributed by atoms with Gasteiger partial charge in [0.15, 0.2) is 0 Å². The second-order valence-corrected chi connectivity index (χ2v) is 7.79. The number of hydrogen-bond donors (Lipinski definition) is 1. The molecule has 0 heterocycles. The summed E-state index contributed by atoms with van der Waals surface area (Å²) in [5.41, 5.74) is -1.33. The number of hydrogen-bond acceptors (Lipinski definition) is 1. The van der Waals surface area contributed by atoms with E-state index in [4.69, 9.17) is 0 Å². The van der Waals surface area contributed by atoms with E-state index in [0.717, 1.165) is 18.2 Å². The summed E-state index contributed by atoms with van der Waals surface area (Å²) in [5, 5.41) is 2.34. The molecule has 3 rings (SSSR count). The van der Waals surface area contributed by atoms with Crippen LogP contribution in [0, 0.1) is 11.7 Å². The van der Waals surface area contributed by atoms with E-state index < -0.39 is 41.1 Å². The van der Waals surface area contributed by atoms with E-state index >= 15 is 0 Å². The van der Waals surface area contributed by atoms with Gasteiger partial charge < -0.3 is 5.32 Å². The standard InChI is InChI=1S/C23H20F7NO/c1-2-13-11-16(22(25,26)27)6-8-18(13)14-4-3-5-15(10-14)21(32)31-20-9-7-17(12-19(20)24)23(28,29)30/h2,6-9,11-12,14-15H,1,3-5,10H2,(H,31,32). The van der Waals surface area contributed by atoms with Gasteiger partial charge in [-0.25, -0.2) is 4.39 Å². The van der Waals surface area contributed by atoms with Crippen LogP contribution in [0.4, 0.5) is 36.4 Å². The van der Waals surface area contributed by atoms with Gasteiger partial charge in [0.1, 0.15) is 5.82 Å². The van der Waals surface area contributed by atoms with Crippen molar-refractivity contribution in [3.05, 3.63) is 71.0 Å². The van der Waals surface area contributed by atoms with Crippen LogP contribution < -0.4 is 5.32 Å². The highest BCUT2D eigenvalue weighted by Gasteiger charge is 2.34. The van der Waals surface area contributed by atoms with Gasteiger partial charge in [-0.05, 0) is 66.6 Å². The predicted octanol–water partition coefficient (Wildman–Crippen LogP) is 7.42. The number of anilines is 1. The third-order valence-electron chi connectivity index (χ3n) is 5.67. The summed E-state index contributed by atoms with van der Waals surface area (Å²) >= 11 is 0. The Bertz CT molecular complexity index is 1010. The molecule has 172 valence electrons. The van der Waals surface area contributed by atoms with Gasteiger partial charge in [0.25, 0.3) is 0 Å². The monoisotopic (exact) mass is 459 g/mol. The van der Waals surface area contributed by atoms with Crippen LogP contribution in [0.25, 0.3) is 6.08 Å². The molecule has 1 aliphatic carbocycles. The van der Waals surface area contributed by atoms with Crippen LogP contribution in [0.1, 0.15) is 53.9 Å². The Balaban J connectivity index is 1.75. The lowest BCUT2D eigenvalue weighted by Gasteiger charge is -2.30. The van der Waals surface area contributed by atoms with Crippen molar-refractivity contribution < 1.29 is 35.5 Å². The molecule has 1 amide bonds. The van der Waals surface area contributed by atoms with Gasteiger partial charge in [-0.3, -0.25) is 4.79 Å². The fourth-order valence-corrected chi connectivity index (χ4v) is 4.04. The number of nitrogens with one attached hydrogen (secondary N) is 1. The largest absolute Gasteiger partial charge is 0.416 e. The Morgan fingerprint density at radius 3 is 2.19 bits per heavy atom. The van der Waals surface area contributed by atoms with Crippen LogP contribution in [-0.2, 0) is 17.1 Å². The van der Waals surface area contributed by atoms with Crippen LogP contribution in [0.2, 0.25) is 0 Å². The zero-order valence-corrected chi connectivity index (χ0v) is 16.8. The SMILES string of the molecule is C=Cc1cc(C(F)(F)F)ccc1C1CCCC(C(=O)Nc2ccc(C(F)(F)F)cc2F)C1. The third kappa shape index (κ3) is 5.31. The maximum absolute atomic E-state index is 14.1. The van der Waals surface area contributed by atoms with E-state index in [1.165, 1.54) is 12.1 Å². The van der Waals surface area contributed by atoms with Crippen LogP contribution in [0.15, 0.2) is 43.0 Å². The van der Waals surface area contributed by atoms with Crippen molar-refractivity contribution in [2.24, 2.45) is 5.92 Å². The molecular weight excluding hydrogens is 439 g/mol. The van der Waals surface area contributed by atoms with Gasteiger partial charge in [-0.2, -0.15) is 26.3 Å². The Morgan fingerprint density at radius 1 is 0.969 bits per heavy atom.